The van der Waals surface area contributed by atoms with Crippen molar-refractivity contribution in [2.24, 2.45) is 5.92 Å². The summed E-state index contributed by atoms with van der Waals surface area (Å²) in [5, 5.41) is 16.5. The van der Waals surface area contributed by atoms with E-state index in [2.05, 4.69) is 34.5 Å². The van der Waals surface area contributed by atoms with Crippen molar-refractivity contribution in [2.45, 2.75) is 26.4 Å². The van der Waals surface area contributed by atoms with Crippen LogP contribution in [0.3, 0.4) is 0 Å². The lowest BCUT2D eigenvalue weighted by atomic mass is 10.0. The summed E-state index contributed by atoms with van der Waals surface area (Å²) in [6.45, 7) is 7.28. The Morgan fingerprint density at radius 3 is 2.54 bits per heavy atom. The van der Waals surface area contributed by atoms with E-state index in [9.17, 15) is 23.1 Å². The molecule has 0 bridgehead atoms. The molecule has 0 fully saturated rings. The molecule has 0 radical (unpaired) electrons. The molecule has 0 aliphatic carbocycles. The SMILES string of the molecule is C=CS.COc1cc(-c2nc(Nc3ncc(-c4cccs4)cc3C(=O)O)sc2CC(C)C)ccc1C(F)(F)F. The summed E-state index contributed by atoms with van der Waals surface area (Å²) in [5.74, 6) is -1.05. The van der Waals surface area contributed by atoms with Gasteiger partial charge in [0.2, 0.25) is 0 Å². The lowest BCUT2D eigenvalue weighted by Crippen LogP contribution is -2.07. The molecule has 0 saturated heterocycles. The fourth-order valence-electron chi connectivity index (χ4n) is 3.62. The number of alkyl halides is 3. The van der Waals surface area contributed by atoms with Crippen LogP contribution in [0.5, 0.6) is 5.75 Å². The third kappa shape index (κ3) is 7.61. The Balaban J connectivity index is 0.00000134. The number of rotatable bonds is 8. The molecule has 6 nitrogen and oxygen atoms in total. The Morgan fingerprint density at radius 1 is 1.26 bits per heavy atom. The number of aromatic nitrogens is 2. The number of halogens is 3. The molecule has 0 spiro atoms. The number of methoxy groups -OCH3 is 1. The fourth-order valence-corrected chi connectivity index (χ4v) is 5.52. The number of hydrogen-bond acceptors (Lipinski definition) is 8. The van der Waals surface area contributed by atoms with Crippen LogP contribution in [0, 0.1) is 5.92 Å². The fraction of sp³-hybridized carbons (Fsp3) is 0.222. The number of thiazole rings is 1. The lowest BCUT2D eigenvalue weighted by Gasteiger charge is -2.13. The third-order valence-electron chi connectivity index (χ3n) is 5.22. The molecule has 0 aliphatic rings. The summed E-state index contributed by atoms with van der Waals surface area (Å²) < 4.78 is 45.0. The van der Waals surface area contributed by atoms with Gasteiger partial charge in [0.25, 0.3) is 0 Å². The summed E-state index contributed by atoms with van der Waals surface area (Å²) in [6.07, 6.45) is -2.33. The van der Waals surface area contributed by atoms with Crippen molar-refractivity contribution >= 4 is 52.2 Å². The van der Waals surface area contributed by atoms with Crippen LogP contribution < -0.4 is 10.1 Å². The Bertz CT molecular complexity index is 1440. The van der Waals surface area contributed by atoms with Crippen molar-refractivity contribution in [3.63, 3.8) is 0 Å². The van der Waals surface area contributed by atoms with Gasteiger partial charge >= 0.3 is 12.1 Å². The van der Waals surface area contributed by atoms with Gasteiger partial charge in [0.15, 0.2) is 5.13 Å². The van der Waals surface area contributed by atoms with Crippen LogP contribution in [0.25, 0.3) is 21.7 Å². The molecule has 206 valence electrons. The van der Waals surface area contributed by atoms with Crippen LogP contribution in [-0.2, 0) is 12.6 Å². The molecule has 4 rings (SSSR count). The minimum atomic E-state index is -4.55. The van der Waals surface area contributed by atoms with Crippen LogP contribution in [0.2, 0.25) is 0 Å². The summed E-state index contributed by atoms with van der Waals surface area (Å²) in [4.78, 5) is 22.6. The first-order chi connectivity index (χ1) is 18.5. The molecule has 39 heavy (non-hydrogen) atoms. The number of carboxylic acids is 1. The van der Waals surface area contributed by atoms with Gasteiger partial charge in [-0.3, -0.25) is 0 Å². The maximum atomic E-state index is 13.3. The van der Waals surface area contributed by atoms with Crippen LogP contribution in [-0.4, -0.2) is 28.2 Å². The number of pyridine rings is 1. The average Bonchev–Trinajstić information content (AvgIpc) is 3.54. The van der Waals surface area contributed by atoms with Gasteiger partial charge in [0, 0.05) is 27.1 Å². The minimum absolute atomic E-state index is 0.0146. The molecule has 0 saturated carbocycles. The smallest absolute Gasteiger partial charge is 0.419 e. The Labute approximate surface area is 237 Å². The Morgan fingerprint density at radius 2 is 1.97 bits per heavy atom. The molecule has 3 heterocycles. The van der Waals surface area contributed by atoms with E-state index in [1.54, 1.807) is 12.3 Å². The van der Waals surface area contributed by atoms with E-state index in [0.29, 0.717) is 28.4 Å². The van der Waals surface area contributed by atoms with Gasteiger partial charge in [-0.05, 0) is 47.4 Å². The topological polar surface area (TPSA) is 84.3 Å². The second kappa shape index (κ2) is 13.1. The summed E-state index contributed by atoms with van der Waals surface area (Å²) in [5.41, 5.74) is 0.785. The molecule has 1 aromatic carbocycles. The average molecular weight is 594 g/mol. The molecule has 3 aromatic heterocycles. The van der Waals surface area contributed by atoms with E-state index in [0.717, 1.165) is 15.8 Å². The van der Waals surface area contributed by atoms with Gasteiger partial charge in [-0.25, -0.2) is 14.8 Å². The van der Waals surface area contributed by atoms with E-state index in [1.807, 2.05) is 31.4 Å². The van der Waals surface area contributed by atoms with E-state index < -0.39 is 17.7 Å². The van der Waals surface area contributed by atoms with Crippen molar-refractivity contribution in [1.82, 2.24) is 9.97 Å². The quantitative estimate of drug-likeness (QED) is 0.177. The number of carbonyl (C=O) groups is 1. The van der Waals surface area contributed by atoms with Gasteiger partial charge in [-0.1, -0.05) is 32.6 Å². The maximum Gasteiger partial charge on any atom is 0.419 e. The van der Waals surface area contributed by atoms with Crippen molar-refractivity contribution in [3.8, 4) is 27.4 Å². The monoisotopic (exact) mass is 593 g/mol. The predicted octanol–water partition coefficient (Wildman–Crippen LogP) is 8.66. The second-order valence-electron chi connectivity index (χ2n) is 8.51. The summed E-state index contributed by atoms with van der Waals surface area (Å²) in [7, 11) is 1.19. The normalized spacial score (nSPS) is 11.1. The maximum absolute atomic E-state index is 13.3. The second-order valence-corrected chi connectivity index (χ2v) is 10.9. The highest BCUT2D eigenvalue weighted by molar-refractivity contribution is 7.83. The van der Waals surface area contributed by atoms with E-state index in [1.165, 1.54) is 47.3 Å². The molecule has 0 aliphatic heterocycles. The zero-order chi connectivity index (χ0) is 28.7. The number of hydrogen-bond donors (Lipinski definition) is 3. The lowest BCUT2D eigenvalue weighted by molar-refractivity contribution is -0.138. The predicted molar refractivity (Wildman–Crippen MR) is 155 cm³/mol. The van der Waals surface area contributed by atoms with Crippen LogP contribution in [0.1, 0.15) is 34.6 Å². The summed E-state index contributed by atoms with van der Waals surface area (Å²) in [6, 6.07) is 8.97. The van der Waals surface area contributed by atoms with Gasteiger partial charge in [0.1, 0.15) is 17.1 Å². The first-order valence-electron chi connectivity index (χ1n) is 11.5. The molecular formula is C27H26F3N3O3S3. The Hall–Kier alpha value is -3.35. The van der Waals surface area contributed by atoms with Crippen molar-refractivity contribution < 1.29 is 27.8 Å². The van der Waals surface area contributed by atoms with Gasteiger partial charge in [0.05, 0.1) is 18.4 Å². The highest BCUT2D eigenvalue weighted by Gasteiger charge is 2.34. The number of benzene rings is 1. The van der Waals surface area contributed by atoms with Crippen molar-refractivity contribution in [3.05, 3.63) is 76.0 Å². The highest BCUT2D eigenvalue weighted by atomic mass is 32.1. The number of thiophene rings is 1. The van der Waals surface area contributed by atoms with Crippen molar-refractivity contribution in [2.75, 3.05) is 12.4 Å². The van der Waals surface area contributed by atoms with Crippen LogP contribution in [0.15, 0.2) is 60.0 Å². The number of nitrogens with zero attached hydrogens (tertiary/aromatic N) is 2. The molecule has 2 N–H and O–H groups in total. The first kappa shape index (κ1) is 30.2. The number of thiol groups is 1. The highest BCUT2D eigenvalue weighted by Crippen LogP contribution is 2.41. The number of nitrogens with one attached hydrogen (secondary N) is 1. The van der Waals surface area contributed by atoms with Crippen LogP contribution in [0.4, 0.5) is 24.1 Å². The molecule has 4 aromatic rings. The molecule has 0 atom stereocenters. The Kier molecular flexibility index (Phi) is 10.2. The molecule has 12 heteroatoms. The first-order valence-corrected chi connectivity index (χ1v) is 13.7. The largest absolute Gasteiger partial charge is 0.496 e. The van der Waals surface area contributed by atoms with Gasteiger partial charge in [-0.15, -0.1) is 22.7 Å². The van der Waals surface area contributed by atoms with Gasteiger partial charge < -0.3 is 15.2 Å². The van der Waals surface area contributed by atoms with Crippen molar-refractivity contribution in [1.29, 1.82) is 0 Å². The number of ether oxygens (including phenoxy) is 1. The molecular weight excluding hydrogens is 568 g/mol. The molecule has 0 amide bonds. The summed E-state index contributed by atoms with van der Waals surface area (Å²) >= 11 is 6.34. The zero-order valence-corrected chi connectivity index (χ0v) is 23.8. The zero-order valence-electron chi connectivity index (χ0n) is 21.2. The van der Waals surface area contributed by atoms with E-state index >= 15 is 0 Å². The number of anilines is 2. The number of aromatic carboxylic acids is 1. The third-order valence-corrected chi connectivity index (χ3v) is 7.13. The van der Waals surface area contributed by atoms with E-state index in [4.69, 9.17) is 4.74 Å². The van der Waals surface area contributed by atoms with Gasteiger partial charge in [-0.2, -0.15) is 25.8 Å². The minimum Gasteiger partial charge on any atom is -0.496 e. The van der Waals surface area contributed by atoms with Crippen LogP contribution >= 0.6 is 35.3 Å². The standard InChI is InChI=1S/C25H22F3N3O3S2.C2H4S/c1-13(2)9-20-21(14-6-7-17(25(26,27)28)18(11-14)34-3)30-24(36-20)31-22-16(23(32)33)10-15(12-29-22)19-5-4-8-35-19;1-2-3/h4-8,10-13H,9H2,1-3H3,(H,32,33)(H,29,30,31);2-3H,1H2. The number of carboxylic acid groups (broad SMARTS) is 1. The molecule has 0 unspecified atom stereocenters. The van der Waals surface area contributed by atoms with E-state index in [-0.39, 0.29) is 23.0 Å².